The van der Waals surface area contributed by atoms with E-state index in [1.165, 1.54) is 44.4 Å². The van der Waals surface area contributed by atoms with Crippen molar-refractivity contribution in [2.45, 2.75) is 44.6 Å². The Balaban J connectivity index is 1.47. The number of nitrogens with one attached hydrogen (secondary N) is 2. The van der Waals surface area contributed by atoms with Gasteiger partial charge in [-0.05, 0) is 51.8 Å². The average Bonchev–Trinajstić information content (AvgIpc) is 2.79. The highest BCUT2D eigenvalue weighted by Crippen LogP contribution is 2.37. The van der Waals surface area contributed by atoms with Crippen molar-refractivity contribution in [2.75, 3.05) is 44.7 Å². The Hall–Kier alpha value is -2.72. The van der Waals surface area contributed by atoms with Crippen molar-refractivity contribution in [3.8, 4) is 5.75 Å². The molecule has 1 aromatic carbocycles. The zero-order valence-electron chi connectivity index (χ0n) is 18.4. The van der Waals surface area contributed by atoms with Gasteiger partial charge in [-0.3, -0.25) is 19.7 Å². The maximum absolute atomic E-state index is 13.2. The number of nitrogens with zero attached hydrogens (tertiary/aromatic N) is 2. The van der Waals surface area contributed by atoms with Gasteiger partial charge in [0.05, 0.1) is 16.7 Å². The number of ether oxygens (including phenoxy) is 2. The van der Waals surface area contributed by atoms with Crippen molar-refractivity contribution in [3.05, 3.63) is 28.3 Å². The van der Waals surface area contributed by atoms with Crippen LogP contribution < -0.4 is 15.4 Å². The number of fused-ring (bicyclic) bond motifs is 1. The number of rotatable bonds is 6. The Morgan fingerprint density at radius 3 is 2.66 bits per heavy atom. The van der Waals surface area contributed by atoms with Crippen LogP contribution in [0.2, 0.25) is 0 Å². The molecule has 2 amide bonds. The minimum absolute atomic E-state index is 0.102. The molecule has 4 rings (SSSR count). The molecule has 2 N–H and O–H groups in total. The summed E-state index contributed by atoms with van der Waals surface area (Å²) in [5.41, 5.74) is -1.81. The van der Waals surface area contributed by atoms with Crippen LogP contribution in [0.5, 0.6) is 5.75 Å². The van der Waals surface area contributed by atoms with Crippen LogP contribution in [-0.2, 0) is 14.3 Å². The lowest BCUT2D eigenvalue weighted by atomic mass is 9.79. The molecule has 3 aliphatic heterocycles. The molecule has 0 spiro atoms. The Morgan fingerprint density at radius 1 is 1.25 bits per heavy atom. The van der Waals surface area contributed by atoms with Gasteiger partial charge in [-0.25, -0.2) is 0 Å². The van der Waals surface area contributed by atoms with E-state index >= 15 is 0 Å². The van der Waals surface area contributed by atoms with Gasteiger partial charge in [-0.1, -0.05) is 6.42 Å². The monoisotopic (exact) mass is 446 g/mol. The lowest BCUT2D eigenvalue weighted by Gasteiger charge is -2.43. The third-order valence-corrected chi connectivity index (χ3v) is 6.79. The van der Waals surface area contributed by atoms with E-state index in [4.69, 9.17) is 9.47 Å². The smallest absolute Gasteiger partial charge is 0.278 e. The molecule has 0 aliphatic carbocycles. The highest BCUT2D eigenvalue weighted by atomic mass is 16.6. The van der Waals surface area contributed by atoms with Crippen molar-refractivity contribution < 1.29 is 24.0 Å². The summed E-state index contributed by atoms with van der Waals surface area (Å²) in [5.74, 6) is -1.06. The van der Waals surface area contributed by atoms with Crippen LogP contribution in [0.25, 0.3) is 0 Å². The zero-order chi connectivity index (χ0) is 22.8. The number of nitro groups is 1. The first-order valence-electron chi connectivity index (χ1n) is 11.2. The fourth-order valence-corrected chi connectivity index (χ4v) is 4.69. The molecule has 2 fully saturated rings. The largest absolute Gasteiger partial charge is 0.465 e. The van der Waals surface area contributed by atoms with Crippen LogP contribution in [0.1, 0.15) is 39.0 Å². The summed E-state index contributed by atoms with van der Waals surface area (Å²) < 4.78 is 11.3. The van der Waals surface area contributed by atoms with Crippen LogP contribution in [0, 0.1) is 15.5 Å². The Morgan fingerprint density at radius 2 is 1.97 bits per heavy atom. The first-order chi connectivity index (χ1) is 15.3. The lowest BCUT2D eigenvalue weighted by Crippen LogP contribution is -2.60. The van der Waals surface area contributed by atoms with Gasteiger partial charge < -0.3 is 25.0 Å². The topological polar surface area (TPSA) is 123 Å². The number of hydrogen-bond acceptors (Lipinski definition) is 7. The molecule has 0 bridgehead atoms. The summed E-state index contributed by atoms with van der Waals surface area (Å²) in [6, 6.07) is 3.90. The summed E-state index contributed by atoms with van der Waals surface area (Å²) in [6.45, 7) is 6.12. The summed E-state index contributed by atoms with van der Waals surface area (Å²) in [6.07, 6.45) is 5.31. The van der Waals surface area contributed by atoms with Crippen molar-refractivity contribution in [3.63, 3.8) is 0 Å². The average molecular weight is 447 g/mol. The highest BCUT2D eigenvalue weighted by molar-refractivity contribution is 6.15. The number of hydrogen-bond donors (Lipinski definition) is 2. The van der Waals surface area contributed by atoms with Crippen molar-refractivity contribution in [1.82, 2.24) is 10.2 Å². The maximum atomic E-state index is 13.2. The Kier molecular flexibility index (Phi) is 6.34. The summed E-state index contributed by atoms with van der Waals surface area (Å²) in [7, 11) is 0. The van der Waals surface area contributed by atoms with E-state index in [-0.39, 0.29) is 16.9 Å². The molecule has 1 atom stereocenters. The summed E-state index contributed by atoms with van der Waals surface area (Å²) in [4.78, 5) is 38.9. The van der Waals surface area contributed by atoms with Gasteiger partial charge in [0.2, 0.25) is 0 Å². The molecule has 10 heteroatoms. The second kappa shape index (κ2) is 9.03. The van der Waals surface area contributed by atoms with Gasteiger partial charge in [-0.15, -0.1) is 0 Å². The minimum Gasteiger partial charge on any atom is -0.465 e. The van der Waals surface area contributed by atoms with E-state index in [9.17, 15) is 19.7 Å². The van der Waals surface area contributed by atoms with E-state index in [0.717, 1.165) is 32.5 Å². The second-order valence-electron chi connectivity index (χ2n) is 9.16. The predicted octanol–water partition coefficient (Wildman–Crippen LogP) is 2.08. The van der Waals surface area contributed by atoms with Crippen LogP contribution in [0.3, 0.4) is 0 Å². The van der Waals surface area contributed by atoms with Crippen LogP contribution in [-0.4, -0.2) is 66.6 Å². The van der Waals surface area contributed by atoms with E-state index in [1.54, 1.807) is 0 Å². The molecule has 0 aromatic heterocycles. The van der Waals surface area contributed by atoms with E-state index < -0.39 is 22.3 Å². The first kappa shape index (κ1) is 22.5. The third kappa shape index (κ3) is 4.56. The Bertz CT molecular complexity index is 894. The van der Waals surface area contributed by atoms with Crippen molar-refractivity contribution in [2.24, 2.45) is 5.41 Å². The summed E-state index contributed by atoms with van der Waals surface area (Å²) >= 11 is 0. The number of nitro benzene ring substituents is 1. The molecule has 32 heavy (non-hydrogen) atoms. The zero-order valence-corrected chi connectivity index (χ0v) is 18.4. The molecule has 0 radical (unpaired) electrons. The molecule has 0 saturated carbocycles. The van der Waals surface area contributed by atoms with E-state index in [2.05, 4.69) is 15.5 Å². The maximum Gasteiger partial charge on any atom is 0.278 e. The minimum atomic E-state index is -1.82. The third-order valence-electron chi connectivity index (χ3n) is 6.79. The SMILES string of the molecule is CC1(C(=O)NCC2(CN3CCCCC3)CCOCC2)Oc2cc([N+](=O)[O-])ccc2NC1=O. The number of likely N-dealkylation sites (tertiary alicyclic amines) is 1. The first-order valence-corrected chi connectivity index (χ1v) is 11.2. The number of anilines is 1. The molecule has 2 saturated heterocycles. The number of benzene rings is 1. The van der Waals surface area contributed by atoms with E-state index in [1.807, 2.05) is 0 Å². The quantitative estimate of drug-likeness (QED) is 0.390. The van der Waals surface area contributed by atoms with Gasteiger partial charge in [0.15, 0.2) is 5.75 Å². The molecule has 10 nitrogen and oxygen atoms in total. The molecular formula is C22H30N4O6. The number of piperidine rings is 1. The highest BCUT2D eigenvalue weighted by Gasteiger charge is 2.48. The standard InChI is InChI=1S/C22H30N4O6/c1-21(20(28)24-17-6-5-16(26(29)30)13-18(17)32-21)19(27)23-14-22(7-11-31-12-8-22)15-25-9-3-2-4-10-25/h5-6,13H,2-4,7-12,14-15H2,1H3,(H,23,27)(H,24,28). The van der Waals surface area contributed by atoms with E-state index in [0.29, 0.717) is 25.4 Å². The fourth-order valence-electron chi connectivity index (χ4n) is 4.69. The molecule has 3 heterocycles. The number of amides is 2. The van der Waals surface area contributed by atoms with Gasteiger partial charge in [0.1, 0.15) is 0 Å². The number of carbonyl (C=O) groups excluding carboxylic acids is 2. The van der Waals surface area contributed by atoms with Gasteiger partial charge in [0, 0.05) is 37.8 Å². The van der Waals surface area contributed by atoms with Gasteiger partial charge in [-0.2, -0.15) is 0 Å². The normalized spacial score (nSPS) is 25.2. The molecular weight excluding hydrogens is 416 g/mol. The van der Waals surface area contributed by atoms with Crippen molar-refractivity contribution >= 4 is 23.2 Å². The molecule has 174 valence electrons. The van der Waals surface area contributed by atoms with Gasteiger partial charge in [0.25, 0.3) is 23.1 Å². The number of carbonyl (C=O) groups is 2. The second-order valence-corrected chi connectivity index (χ2v) is 9.16. The fraction of sp³-hybridized carbons (Fsp3) is 0.636. The lowest BCUT2D eigenvalue weighted by molar-refractivity contribution is -0.385. The molecule has 1 aromatic rings. The van der Waals surface area contributed by atoms with Crippen molar-refractivity contribution in [1.29, 1.82) is 0 Å². The van der Waals surface area contributed by atoms with Gasteiger partial charge >= 0.3 is 0 Å². The van der Waals surface area contributed by atoms with Crippen LogP contribution >= 0.6 is 0 Å². The summed E-state index contributed by atoms with van der Waals surface area (Å²) in [5, 5.41) is 16.7. The van der Waals surface area contributed by atoms with Crippen LogP contribution in [0.4, 0.5) is 11.4 Å². The molecule has 3 aliphatic rings. The predicted molar refractivity (Wildman–Crippen MR) is 117 cm³/mol. The Labute approximate surface area is 186 Å². The van der Waals surface area contributed by atoms with Crippen LogP contribution in [0.15, 0.2) is 18.2 Å². The number of non-ortho nitro benzene ring substituents is 1. The molecule has 1 unspecified atom stereocenters.